The predicted molar refractivity (Wildman–Crippen MR) is 92.3 cm³/mol. The van der Waals surface area contributed by atoms with Crippen LogP contribution >= 0.6 is 0 Å². The van der Waals surface area contributed by atoms with Crippen molar-refractivity contribution in [1.82, 2.24) is 16.0 Å². The number of urea groups is 1. The molecule has 0 fully saturated rings. The summed E-state index contributed by atoms with van der Waals surface area (Å²) < 4.78 is 5.13. The Morgan fingerprint density at radius 3 is 2.60 bits per heavy atom. The van der Waals surface area contributed by atoms with Gasteiger partial charge in [0.1, 0.15) is 18.1 Å². The van der Waals surface area contributed by atoms with Crippen molar-refractivity contribution in [2.75, 3.05) is 6.54 Å². The number of carboxylic acid groups (broad SMARTS) is 1. The fraction of sp³-hybridized carbons (Fsp3) is 0.588. The minimum absolute atomic E-state index is 0.211. The summed E-state index contributed by atoms with van der Waals surface area (Å²) in [5.41, 5.74) is 0. The van der Waals surface area contributed by atoms with Crippen LogP contribution in [0.4, 0.5) is 4.79 Å². The molecule has 0 bridgehead atoms. The van der Waals surface area contributed by atoms with E-state index in [0.717, 1.165) is 13.0 Å². The molecule has 0 aliphatic carbocycles. The maximum Gasteiger partial charge on any atom is 0.326 e. The second-order valence-corrected chi connectivity index (χ2v) is 6.14. The first-order valence-corrected chi connectivity index (χ1v) is 8.43. The van der Waals surface area contributed by atoms with Crippen molar-refractivity contribution < 1.29 is 23.9 Å². The molecule has 0 aliphatic heterocycles. The number of aliphatic carboxylic acids is 1. The minimum atomic E-state index is -1.10. The maximum absolute atomic E-state index is 11.9. The fourth-order valence-electron chi connectivity index (χ4n) is 2.27. The van der Waals surface area contributed by atoms with E-state index in [2.05, 4.69) is 16.0 Å². The zero-order chi connectivity index (χ0) is 18.7. The number of furan rings is 1. The summed E-state index contributed by atoms with van der Waals surface area (Å²) in [7, 11) is 0. The number of hydrogen-bond donors (Lipinski definition) is 4. The zero-order valence-electron chi connectivity index (χ0n) is 14.7. The summed E-state index contributed by atoms with van der Waals surface area (Å²) in [5, 5.41) is 17.3. The molecule has 0 radical (unpaired) electrons. The molecule has 0 saturated carbocycles. The van der Waals surface area contributed by atoms with Gasteiger partial charge in [-0.2, -0.15) is 0 Å². The monoisotopic (exact) mass is 353 g/mol. The topological polar surface area (TPSA) is 121 Å². The predicted octanol–water partition coefficient (Wildman–Crippen LogP) is 1.31. The summed E-state index contributed by atoms with van der Waals surface area (Å²) in [5.74, 6) is -0.537. The van der Waals surface area contributed by atoms with Gasteiger partial charge >= 0.3 is 12.0 Å². The third-order valence-electron chi connectivity index (χ3n) is 3.56. The first-order chi connectivity index (χ1) is 11.9. The molecule has 4 N–H and O–H groups in total. The quantitative estimate of drug-likeness (QED) is 0.332. The van der Waals surface area contributed by atoms with Crippen molar-refractivity contribution in [3.05, 3.63) is 24.2 Å². The highest BCUT2D eigenvalue weighted by Gasteiger charge is 2.21. The average Bonchev–Trinajstić information content (AvgIpc) is 3.05. The molecule has 2 amide bonds. The summed E-state index contributed by atoms with van der Waals surface area (Å²) in [4.78, 5) is 34.3. The number of unbranched alkanes of at least 4 members (excludes halogenated alkanes) is 1. The number of amides is 2. The van der Waals surface area contributed by atoms with Gasteiger partial charge in [0.25, 0.3) is 0 Å². The average molecular weight is 353 g/mol. The molecule has 2 atom stereocenters. The lowest BCUT2D eigenvalue weighted by Gasteiger charge is -2.17. The van der Waals surface area contributed by atoms with Crippen LogP contribution in [-0.4, -0.2) is 48.1 Å². The second-order valence-electron chi connectivity index (χ2n) is 6.14. The number of nitrogens with one attached hydrogen (secondary N) is 3. The second kappa shape index (κ2) is 11.2. The molecule has 0 saturated heterocycles. The number of carbonyl (C=O) groups excluding carboxylic acids is 2. The number of carbonyl (C=O) groups is 3. The van der Waals surface area contributed by atoms with Crippen LogP contribution in [0, 0.1) is 0 Å². The van der Waals surface area contributed by atoms with Gasteiger partial charge in [-0.1, -0.05) is 13.8 Å². The van der Waals surface area contributed by atoms with Crippen LogP contribution in [0.15, 0.2) is 22.8 Å². The van der Waals surface area contributed by atoms with E-state index in [4.69, 9.17) is 4.42 Å². The molecule has 1 aromatic heterocycles. The van der Waals surface area contributed by atoms with Gasteiger partial charge in [0, 0.05) is 12.5 Å². The van der Waals surface area contributed by atoms with E-state index in [0.29, 0.717) is 30.9 Å². The highest BCUT2D eigenvalue weighted by atomic mass is 16.4. The lowest BCUT2D eigenvalue weighted by atomic mass is 10.1. The molecular formula is C17H27N3O5. The molecule has 140 valence electrons. The Labute approximate surface area is 147 Å². The normalized spacial score (nSPS) is 13.2. The lowest BCUT2D eigenvalue weighted by Crippen LogP contribution is -2.50. The molecule has 1 heterocycles. The van der Waals surface area contributed by atoms with Crippen LogP contribution < -0.4 is 16.0 Å². The Morgan fingerprint density at radius 1 is 1.28 bits per heavy atom. The van der Waals surface area contributed by atoms with E-state index in [1.807, 2.05) is 13.8 Å². The Kier molecular flexibility index (Phi) is 9.31. The van der Waals surface area contributed by atoms with Crippen molar-refractivity contribution >= 4 is 18.3 Å². The Bertz CT molecular complexity index is 530. The van der Waals surface area contributed by atoms with Gasteiger partial charge in [0.05, 0.1) is 12.3 Å². The van der Waals surface area contributed by atoms with Crippen LogP contribution in [-0.2, 0) is 16.0 Å². The van der Waals surface area contributed by atoms with Gasteiger partial charge in [-0.05, 0) is 37.9 Å². The van der Waals surface area contributed by atoms with E-state index < -0.39 is 24.1 Å². The van der Waals surface area contributed by atoms with Crippen LogP contribution in [0.2, 0.25) is 0 Å². The van der Waals surface area contributed by atoms with E-state index in [-0.39, 0.29) is 6.42 Å². The van der Waals surface area contributed by atoms with E-state index >= 15 is 0 Å². The van der Waals surface area contributed by atoms with Crippen LogP contribution in [0.3, 0.4) is 0 Å². The van der Waals surface area contributed by atoms with Gasteiger partial charge in [0.2, 0.25) is 0 Å². The first kappa shape index (κ1) is 20.7. The number of aldehydes is 1. The summed E-state index contributed by atoms with van der Waals surface area (Å²) in [6.45, 7) is 4.88. The molecule has 1 rings (SSSR count). The van der Waals surface area contributed by atoms with Crippen molar-refractivity contribution in [1.29, 1.82) is 0 Å². The molecule has 8 nitrogen and oxygen atoms in total. The molecule has 0 aliphatic rings. The smallest absolute Gasteiger partial charge is 0.326 e. The van der Waals surface area contributed by atoms with Crippen molar-refractivity contribution in [2.45, 2.75) is 57.7 Å². The van der Waals surface area contributed by atoms with E-state index in [1.165, 1.54) is 6.26 Å². The molecular weight excluding hydrogens is 326 g/mol. The van der Waals surface area contributed by atoms with Gasteiger partial charge in [0.15, 0.2) is 0 Å². The van der Waals surface area contributed by atoms with Crippen LogP contribution in [0.25, 0.3) is 0 Å². The van der Waals surface area contributed by atoms with Gasteiger partial charge in [-0.15, -0.1) is 0 Å². The molecule has 8 heteroatoms. The SMILES string of the molecule is CC(C)NCCCCC(NC(=O)NC(C=O)Cc1ccco1)C(=O)O. The first-order valence-electron chi connectivity index (χ1n) is 8.43. The number of hydrogen-bond acceptors (Lipinski definition) is 5. The largest absolute Gasteiger partial charge is 0.480 e. The zero-order valence-corrected chi connectivity index (χ0v) is 14.7. The summed E-state index contributed by atoms with van der Waals surface area (Å²) in [6.07, 6.45) is 4.09. The van der Waals surface area contributed by atoms with Crippen LogP contribution in [0.1, 0.15) is 38.9 Å². The Morgan fingerprint density at radius 2 is 2.04 bits per heavy atom. The fourth-order valence-corrected chi connectivity index (χ4v) is 2.27. The summed E-state index contributed by atoms with van der Waals surface area (Å²) in [6, 6.07) is 1.31. The van der Waals surface area contributed by atoms with Gasteiger partial charge in [-0.3, -0.25) is 0 Å². The van der Waals surface area contributed by atoms with Gasteiger partial charge < -0.3 is 30.3 Å². The maximum atomic E-state index is 11.9. The molecule has 0 aromatic carbocycles. The van der Waals surface area contributed by atoms with Crippen molar-refractivity contribution in [3.63, 3.8) is 0 Å². The standard InChI is InChI=1S/C17H27N3O5/c1-12(2)18-8-4-3-7-15(16(22)23)20-17(24)19-13(11-21)10-14-6-5-9-25-14/h5-6,9,11-13,15,18H,3-4,7-8,10H2,1-2H3,(H,22,23)(H2,19,20,24). The van der Waals surface area contributed by atoms with E-state index in [1.54, 1.807) is 12.1 Å². The van der Waals surface area contributed by atoms with Crippen molar-refractivity contribution in [3.8, 4) is 0 Å². The minimum Gasteiger partial charge on any atom is -0.480 e. The number of carboxylic acids is 1. The number of rotatable bonds is 12. The third-order valence-corrected chi connectivity index (χ3v) is 3.56. The van der Waals surface area contributed by atoms with Gasteiger partial charge in [-0.25, -0.2) is 9.59 Å². The third kappa shape index (κ3) is 8.90. The van der Waals surface area contributed by atoms with E-state index in [9.17, 15) is 19.5 Å². The molecule has 25 heavy (non-hydrogen) atoms. The van der Waals surface area contributed by atoms with Crippen molar-refractivity contribution in [2.24, 2.45) is 0 Å². The molecule has 1 aromatic rings. The Hall–Kier alpha value is -2.35. The highest BCUT2D eigenvalue weighted by Crippen LogP contribution is 2.04. The molecule has 2 unspecified atom stereocenters. The summed E-state index contributed by atoms with van der Waals surface area (Å²) >= 11 is 0. The molecule has 0 spiro atoms. The Balaban J connectivity index is 2.38. The highest BCUT2D eigenvalue weighted by molar-refractivity contribution is 5.84. The lowest BCUT2D eigenvalue weighted by molar-refractivity contribution is -0.139. The van der Waals surface area contributed by atoms with Crippen LogP contribution in [0.5, 0.6) is 0 Å².